The molecule has 2 rings (SSSR count). The highest BCUT2D eigenvalue weighted by Crippen LogP contribution is 2.37. The zero-order valence-electron chi connectivity index (χ0n) is 11.1. The van der Waals surface area contributed by atoms with Gasteiger partial charge in [0.15, 0.2) is 0 Å². The van der Waals surface area contributed by atoms with Gasteiger partial charge in [0, 0.05) is 19.1 Å². The van der Waals surface area contributed by atoms with Gasteiger partial charge in [0.1, 0.15) is 5.60 Å². The first kappa shape index (κ1) is 12.7. The molecule has 4 heteroatoms. The number of piperidine rings is 1. The first-order valence-corrected chi connectivity index (χ1v) is 6.60. The molecule has 1 aliphatic heterocycles. The maximum absolute atomic E-state index is 12.0. The number of carbonyl (C=O) groups is 1. The zero-order chi connectivity index (χ0) is 12.6. The summed E-state index contributed by atoms with van der Waals surface area (Å²) in [6.45, 7) is 7.31. The molecule has 0 aromatic heterocycles. The summed E-state index contributed by atoms with van der Waals surface area (Å²) in [4.78, 5) is 13.8. The van der Waals surface area contributed by atoms with Crippen LogP contribution in [0.3, 0.4) is 0 Å². The van der Waals surface area contributed by atoms with Gasteiger partial charge in [-0.2, -0.15) is 0 Å². The Morgan fingerprint density at radius 2 is 2.00 bits per heavy atom. The smallest absolute Gasteiger partial charge is 0.410 e. The van der Waals surface area contributed by atoms with Crippen LogP contribution >= 0.6 is 0 Å². The van der Waals surface area contributed by atoms with Crippen molar-refractivity contribution in [1.82, 2.24) is 4.90 Å². The van der Waals surface area contributed by atoms with Crippen LogP contribution in [0.5, 0.6) is 0 Å². The van der Waals surface area contributed by atoms with E-state index >= 15 is 0 Å². The molecule has 3 atom stereocenters. The number of hydrogen-bond donors (Lipinski definition) is 1. The van der Waals surface area contributed by atoms with Gasteiger partial charge < -0.3 is 15.4 Å². The van der Waals surface area contributed by atoms with Crippen molar-refractivity contribution >= 4 is 6.09 Å². The molecule has 4 nitrogen and oxygen atoms in total. The second kappa shape index (κ2) is 4.48. The highest BCUT2D eigenvalue weighted by Gasteiger charge is 2.40. The summed E-state index contributed by atoms with van der Waals surface area (Å²) in [5.41, 5.74) is 5.69. The summed E-state index contributed by atoms with van der Waals surface area (Å²) in [5.74, 6) is 1.21. The van der Waals surface area contributed by atoms with Gasteiger partial charge in [-0.15, -0.1) is 0 Å². The molecule has 0 aromatic carbocycles. The molecule has 1 saturated heterocycles. The molecule has 1 heterocycles. The second-order valence-corrected chi connectivity index (χ2v) is 6.38. The second-order valence-electron chi connectivity index (χ2n) is 6.38. The third-order valence-corrected chi connectivity index (χ3v) is 3.88. The Hall–Kier alpha value is -0.770. The van der Waals surface area contributed by atoms with Crippen LogP contribution < -0.4 is 5.73 Å². The fourth-order valence-electron chi connectivity index (χ4n) is 2.99. The average molecular weight is 240 g/mol. The van der Waals surface area contributed by atoms with Crippen molar-refractivity contribution in [2.24, 2.45) is 17.6 Å². The lowest BCUT2D eigenvalue weighted by Crippen LogP contribution is -2.48. The molecular formula is C13H24N2O2. The van der Waals surface area contributed by atoms with Crippen LogP contribution in [0.2, 0.25) is 0 Å². The van der Waals surface area contributed by atoms with Gasteiger partial charge in [0.2, 0.25) is 0 Å². The Morgan fingerprint density at radius 1 is 1.29 bits per heavy atom. The van der Waals surface area contributed by atoms with Gasteiger partial charge in [-0.05, 0) is 51.9 Å². The molecule has 17 heavy (non-hydrogen) atoms. The van der Waals surface area contributed by atoms with Crippen LogP contribution in [0.4, 0.5) is 4.79 Å². The molecule has 2 N–H and O–H groups in total. The minimum absolute atomic E-state index is 0.185. The van der Waals surface area contributed by atoms with Crippen molar-refractivity contribution in [2.75, 3.05) is 13.1 Å². The van der Waals surface area contributed by atoms with E-state index in [0.29, 0.717) is 5.92 Å². The van der Waals surface area contributed by atoms with E-state index in [9.17, 15) is 4.79 Å². The highest BCUT2D eigenvalue weighted by atomic mass is 16.6. The van der Waals surface area contributed by atoms with Crippen molar-refractivity contribution in [3.63, 3.8) is 0 Å². The standard InChI is InChI=1S/C13H24N2O2/c1-13(2,3)17-12(16)15-7-6-9-4-5-11(14)10(9)8-15/h9-11H,4-8,14H2,1-3H3/t9-,10+,11-/m1/s1. The number of nitrogens with zero attached hydrogens (tertiary/aromatic N) is 1. The van der Waals surface area contributed by atoms with Crippen LogP contribution in [0.15, 0.2) is 0 Å². The Morgan fingerprint density at radius 3 is 2.65 bits per heavy atom. The van der Waals surface area contributed by atoms with Crippen molar-refractivity contribution in [3.05, 3.63) is 0 Å². The summed E-state index contributed by atoms with van der Waals surface area (Å²) in [7, 11) is 0. The molecule has 0 aromatic rings. The Bertz CT molecular complexity index is 298. The minimum atomic E-state index is -0.411. The average Bonchev–Trinajstić information content (AvgIpc) is 2.57. The summed E-state index contributed by atoms with van der Waals surface area (Å²) >= 11 is 0. The lowest BCUT2D eigenvalue weighted by Gasteiger charge is -2.37. The van der Waals surface area contributed by atoms with Gasteiger partial charge in [0.05, 0.1) is 0 Å². The minimum Gasteiger partial charge on any atom is -0.444 e. The summed E-state index contributed by atoms with van der Waals surface area (Å²) in [6, 6.07) is 0.269. The molecule has 1 aliphatic carbocycles. The molecule has 1 saturated carbocycles. The van der Waals surface area contributed by atoms with Gasteiger partial charge >= 0.3 is 6.09 Å². The molecule has 98 valence electrons. The summed E-state index contributed by atoms with van der Waals surface area (Å²) in [5, 5.41) is 0. The molecule has 0 radical (unpaired) electrons. The monoisotopic (exact) mass is 240 g/mol. The molecule has 2 aliphatic rings. The van der Waals surface area contributed by atoms with Crippen LogP contribution in [0.1, 0.15) is 40.0 Å². The summed E-state index contributed by atoms with van der Waals surface area (Å²) in [6.07, 6.45) is 3.23. The number of ether oxygens (including phenoxy) is 1. The number of nitrogens with two attached hydrogens (primary N) is 1. The van der Waals surface area contributed by atoms with Crippen molar-refractivity contribution < 1.29 is 9.53 Å². The maximum atomic E-state index is 12.0. The predicted molar refractivity (Wildman–Crippen MR) is 66.6 cm³/mol. The van der Waals surface area contributed by atoms with Gasteiger partial charge in [0.25, 0.3) is 0 Å². The van der Waals surface area contributed by atoms with Gasteiger partial charge in [-0.3, -0.25) is 0 Å². The van der Waals surface area contributed by atoms with E-state index in [1.165, 1.54) is 6.42 Å². The van der Waals surface area contributed by atoms with E-state index < -0.39 is 5.60 Å². The van der Waals surface area contributed by atoms with Crippen molar-refractivity contribution in [3.8, 4) is 0 Å². The lowest BCUT2D eigenvalue weighted by molar-refractivity contribution is 0.0119. The molecule has 0 spiro atoms. The quantitative estimate of drug-likeness (QED) is 0.704. The SMILES string of the molecule is CC(C)(C)OC(=O)N1CC[C@H]2CC[C@@H](N)[C@H]2C1. The summed E-state index contributed by atoms with van der Waals surface area (Å²) < 4.78 is 5.41. The van der Waals surface area contributed by atoms with E-state index in [1.807, 2.05) is 25.7 Å². The van der Waals surface area contributed by atoms with Gasteiger partial charge in [-0.25, -0.2) is 4.79 Å². The predicted octanol–water partition coefficient (Wildman–Crippen LogP) is 1.98. The number of amides is 1. The Labute approximate surface area is 103 Å². The number of carbonyl (C=O) groups excluding carboxylic acids is 1. The van der Waals surface area contributed by atoms with E-state index in [-0.39, 0.29) is 12.1 Å². The molecule has 0 unspecified atom stereocenters. The van der Waals surface area contributed by atoms with E-state index in [4.69, 9.17) is 10.5 Å². The number of rotatable bonds is 0. The van der Waals surface area contributed by atoms with E-state index in [2.05, 4.69) is 0 Å². The first-order chi connectivity index (χ1) is 7.87. The van der Waals surface area contributed by atoms with Crippen LogP contribution in [-0.2, 0) is 4.74 Å². The largest absolute Gasteiger partial charge is 0.444 e. The van der Waals surface area contributed by atoms with E-state index in [1.54, 1.807) is 0 Å². The Kier molecular flexibility index (Phi) is 3.34. The molecule has 2 fully saturated rings. The van der Waals surface area contributed by atoms with Crippen LogP contribution in [-0.4, -0.2) is 35.7 Å². The topological polar surface area (TPSA) is 55.6 Å². The Balaban J connectivity index is 1.93. The number of fused-ring (bicyclic) bond motifs is 1. The van der Waals surface area contributed by atoms with Gasteiger partial charge in [-0.1, -0.05) is 0 Å². The maximum Gasteiger partial charge on any atom is 0.410 e. The van der Waals surface area contributed by atoms with Crippen molar-refractivity contribution in [1.29, 1.82) is 0 Å². The number of hydrogen-bond acceptors (Lipinski definition) is 3. The van der Waals surface area contributed by atoms with Crippen molar-refractivity contribution in [2.45, 2.75) is 51.7 Å². The molecule has 0 bridgehead atoms. The first-order valence-electron chi connectivity index (χ1n) is 6.60. The normalized spacial score (nSPS) is 33.4. The zero-order valence-corrected chi connectivity index (χ0v) is 11.1. The third kappa shape index (κ3) is 2.92. The highest BCUT2D eigenvalue weighted by molar-refractivity contribution is 5.68. The third-order valence-electron chi connectivity index (χ3n) is 3.88. The van der Waals surface area contributed by atoms with Crippen LogP contribution in [0.25, 0.3) is 0 Å². The lowest BCUT2D eigenvalue weighted by atomic mass is 9.87. The number of likely N-dealkylation sites (tertiary alicyclic amines) is 1. The molecular weight excluding hydrogens is 216 g/mol. The van der Waals surface area contributed by atoms with Crippen LogP contribution in [0, 0.1) is 11.8 Å². The molecule has 1 amide bonds. The van der Waals surface area contributed by atoms with E-state index in [0.717, 1.165) is 31.8 Å². The fraction of sp³-hybridized carbons (Fsp3) is 0.923. The fourth-order valence-corrected chi connectivity index (χ4v) is 2.99.